The number of sulfone groups is 1. The molecule has 0 radical (unpaired) electrons. The zero-order valence-electron chi connectivity index (χ0n) is 21.0. The first-order valence-corrected chi connectivity index (χ1v) is 16.2. The van der Waals surface area contributed by atoms with Gasteiger partial charge in [0.1, 0.15) is 5.75 Å². The van der Waals surface area contributed by atoms with Gasteiger partial charge in [-0.25, -0.2) is 30.0 Å². The van der Waals surface area contributed by atoms with Gasteiger partial charge in [0, 0.05) is 19.1 Å². The molecule has 0 spiro atoms. The molecule has 0 atom stereocenters. The maximum absolute atomic E-state index is 13.8. The van der Waals surface area contributed by atoms with E-state index in [1.54, 1.807) is 6.07 Å². The van der Waals surface area contributed by atoms with E-state index in [9.17, 15) is 38.4 Å². The van der Waals surface area contributed by atoms with Gasteiger partial charge in [0.2, 0.25) is 29.9 Å². The lowest BCUT2D eigenvalue weighted by Crippen LogP contribution is -2.46. The molecule has 1 aliphatic heterocycles. The van der Waals surface area contributed by atoms with E-state index in [-0.39, 0.29) is 35.7 Å². The quantitative estimate of drug-likeness (QED) is 0.408. The van der Waals surface area contributed by atoms with E-state index in [1.165, 1.54) is 55.6 Å². The third-order valence-corrected chi connectivity index (χ3v) is 11.6. The van der Waals surface area contributed by atoms with Crippen LogP contribution in [0.5, 0.6) is 5.75 Å². The fraction of sp³-hybridized carbons (Fsp3) is 0.280. The van der Waals surface area contributed by atoms with Crippen molar-refractivity contribution in [3.8, 4) is 5.75 Å². The fourth-order valence-electron chi connectivity index (χ4n) is 4.26. The number of ether oxygens (including phenoxy) is 1. The first-order valence-electron chi connectivity index (χ1n) is 11.8. The van der Waals surface area contributed by atoms with Crippen LogP contribution in [0.3, 0.4) is 0 Å². The summed E-state index contributed by atoms with van der Waals surface area (Å²) in [6, 6.07) is 13.4. The van der Waals surface area contributed by atoms with Crippen molar-refractivity contribution in [2.24, 2.45) is 0 Å². The summed E-state index contributed by atoms with van der Waals surface area (Å²) < 4.78 is 128. The number of hydrogen-bond donors (Lipinski definition) is 1. The Morgan fingerprint density at radius 2 is 1.38 bits per heavy atom. The van der Waals surface area contributed by atoms with Crippen molar-refractivity contribution in [1.29, 1.82) is 0 Å². The second-order valence-electron chi connectivity index (χ2n) is 8.95. The summed E-state index contributed by atoms with van der Waals surface area (Å²) in [6.07, 6.45) is -5.12. The van der Waals surface area contributed by atoms with Crippen molar-refractivity contribution in [2.45, 2.75) is 44.6 Å². The molecule has 1 aliphatic rings. The zero-order valence-corrected chi connectivity index (χ0v) is 23.4. The topological polar surface area (TPSA) is 127 Å². The molecule has 1 heterocycles. The molecule has 1 fully saturated rings. The molecule has 15 heteroatoms. The third kappa shape index (κ3) is 6.17. The summed E-state index contributed by atoms with van der Waals surface area (Å²) in [5, 5.41) is 0. The number of sulfonamides is 2. The van der Waals surface area contributed by atoms with E-state index < -0.39 is 57.5 Å². The minimum atomic E-state index is -5.09. The monoisotopic (exact) mass is 618 g/mol. The number of alkyl halides is 3. The van der Waals surface area contributed by atoms with Crippen molar-refractivity contribution in [3.05, 3.63) is 78.4 Å². The van der Waals surface area contributed by atoms with Crippen LogP contribution in [0.1, 0.15) is 18.4 Å². The van der Waals surface area contributed by atoms with Gasteiger partial charge in [-0.1, -0.05) is 18.2 Å². The van der Waals surface area contributed by atoms with E-state index >= 15 is 0 Å². The summed E-state index contributed by atoms with van der Waals surface area (Å²) in [5.41, 5.74) is -1.52. The highest BCUT2D eigenvalue weighted by Crippen LogP contribution is 2.36. The SMILES string of the molecule is COc1ccc(S(=O)(=O)N2CCC(NS(=O)(=O)c3cc(S(=O)(=O)c4ccccc4)ccc3C(F)(F)F)CC2)cc1. The van der Waals surface area contributed by atoms with Crippen LogP contribution >= 0.6 is 0 Å². The Morgan fingerprint density at radius 1 is 0.800 bits per heavy atom. The fourth-order valence-corrected chi connectivity index (χ4v) is 8.66. The molecule has 216 valence electrons. The molecule has 40 heavy (non-hydrogen) atoms. The molecule has 0 amide bonds. The van der Waals surface area contributed by atoms with Gasteiger partial charge in [0.25, 0.3) is 0 Å². The van der Waals surface area contributed by atoms with Crippen molar-refractivity contribution in [2.75, 3.05) is 20.2 Å². The highest BCUT2D eigenvalue weighted by Gasteiger charge is 2.39. The molecular formula is C25H25F3N2O7S3. The van der Waals surface area contributed by atoms with Gasteiger partial charge < -0.3 is 4.74 Å². The Kier molecular flexibility index (Phi) is 8.34. The highest BCUT2D eigenvalue weighted by molar-refractivity contribution is 7.91. The predicted octanol–water partition coefficient (Wildman–Crippen LogP) is 3.68. The van der Waals surface area contributed by atoms with Crippen LogP contribution in [0.4, 0.5) is 13.2 Å². The molecule has 1 saturated heterocycles. The van der Waals surface area contributed by atoms with E-state index in [0.717, 1.165) is 4.31 Å². The Hall–Kier alpha value is -2.98. The first kappa shape index (κ1) is 30.0. The largest absolute Gasteiger partial charge is 0.497 e. The Bertz CT molecular complexity index is 1690. The van der Waals surface area contributed by atoms with Crippen LogP contribution in [-0.2, 0) is 36.1 Å². The van der Waals surface area contributed by atoms with Gasteiger partial charge in [0.05, 0.1) is 32.3 Å². The van der Waals surface area contributed by atoms with Gasteiger partial charge in [-0.2, -0.15) is 17.5 Å². The molecule has 1 N–H and O–H groups in total. The van der Waals surface area contributed by atoms with E-state index in [4.69, 9.17) is 4.74 Å². The van der Waals surface area contributed by atoms with E-state index in [0.29, 0.717) is 23.9 Å². The maximum Gasteiger partial charge on any atom is 0.417 e. The van der Waals surface area contributed by atoms with Gasteiger partial charge in [-0.3, -0.25) is 0 Å². The standard InChI is InChI=1S/C25H25F3N2O7S3/c1-37-19-7-9-21(10-8-19)40(35,36)30-15-13-18(14-16-30)29-39(33,34)24-17-22(11-12-23(24)25(26,27)28)38(31,32)20-5-3-2-4-6-20/h2-12,17-18,29H,13-16H2,1H3. The summed E-state index contributed by atoms with van der Waals surface area (Å²) >= 11 is 0. The molecule has 0 bridgehead atoms. The Labute approximate surface area is 230 Å². The van der Waals surface area contributed by atoms with Gasteiger partial charge in [0.15, 0.2) is 0 Å². The molecule has 0 aromatic heterocycles. The van der Waals surface area contributed by atoms with Crippen LogP contribution < -0.4 is 9.46 Å². The minimum Gasteiger partial charge on any atom is -0.497 e. The average Bonchev–Trinajstić information content (AvgIpc) is 2.93. The number of piperidine rings is 1. The molecule has 0 saturated carbocycles. The first-order chi connectivity index (χ1) is 18.7. The Balaban J connectivity index is 1.57. The number of benzene rings is 3. The summed E-state index contributed by atoms with van der Waals surface area (Å²) in [4.78, 5) is -2.05. The second-order valence-corrected chi connectivity index (χ2v) is 14.5. The van der Waals surface area contributed by atoms with Gasteiger partial charge >= 0.3 is 6.18 Å². The van der Waals surface area contributed by atoms with E-state index in [1.807, 2.05) is 0 Å². The van der Waals surface area contributed by atoms with Crippen molar-refractivity contribution in [1.82, 2.24) is 9.03 Å². The van der Waals surface area contributed by atoms with Crippen LogP contribution in [0.2, 0.25) is 0 Å². The van der Waals surface area contributed by atoms with Crippen molar-refractivity contribution < 1.29 is 43.2 Å². The number of halogens is 3. The molecule has 0 aliphatic carbocycles. The van der Waals surface area contributed by atoms with Crippen LogP contribution in [0, 0.1) is 0 Å². The number of nitrogens with one attached hydrogen (secondary N) is 1. The molecule has 4 rings (SSSR count). The zero-order chi connectivity index (χ0) is 29.3. The predicted molar refractivity (Wildman–Crippen MR) is 138 cm³/mol. The summed E-state index contributed by atoms with van der Waals surface area (Å²) in [5.74, 6) is 0.464. The van der Waals surface area contributed by atoms with Crippen LogP contribution in [0.25, 0.3) is 0 Å². The average molecular weight is 619 g/mol. The lowest BCUT2D eigenvalue weighted by atomic mass is 10.1. The number of nitrogens with zero attached hydrogens (tertiary/aromatic N) is 1. The normalized spacial score (nSPS) is 16.1. The number of rotatable bonds is 8. The smallest absolute Gasteiger partial charge is 0.417 e. The molecule has 3 aromatic rings. The summed E-state index contributed by atoms with van der Waals surface area (Å²) in [7, 11) is -11.6. The number of methoxy groups -OCH3 is 1. The lowest BCUT2D eigenvalue weighted by Gasteiger charge is -2.31. The van der Waals surface area contributed by atoms with Gasteiger partial charge in [-0.15, -0.1) is 0 Å². The van der Waals surface area contributed by atoms with E-state index in [2.05, 4.69) is 4.72 Å². The second kappa shape index (κ2) is 11.1. The molecule has 0 unspecified atom stereocenters. The maximum atomic E-state index is 13.8. The van der Waals surface area contributed by atoms with Crippen molar-refractivity contribution in [3.63, 3.8) is 0 Å². The molecule has 9 nitrogen and oxygen atoms in total. The van der Waals surface area contributed by atoms with Crippen LogP contribution in [0.15, 0.2) is 92.4 Å². The Morgan fingerprint density at radius 3 is 1.93 bits per heavy atom. The lowest BCUT2D eigenvalue weighted by molar-refractivity contribution is -0.139. The third-order valence-electron chi connectivity index (χ3n) is 6.38. The minimum absolute atomic E-state index is 0.0126. The molecular weight excluding hydrogens is 593 g/mol. The van der Waals surface area contributed by atoms with Crippen LogP contribution in [-0.4, -0.2) is 55.8 Å². The highest BCUT2D eigenvalue weighted by atomic mass is 32.2. The molecule has 3 aromatic carbocycles. The summed E-state index contributed by atoms with van der Waals surface area (Å²) in [6.45, 7) is -0.174. The number of hydrogen-bond acceptors (Lipinski definition) is 7. The van der Waals surface area contributed by atoms with Crippen molar-refractivity contribution >= 4 is 29.9 Å². The van der Waals surface area contributed by atoms with Gasteiger partial charge in [-0.05, 0) is 67.4 Å².